The van der Waals surface area contributed by atoms with Crippen LogP contribution < -0.4 is 10.1 Å². The number of thiazole rings is 1. The first-order chi connectivity index (χ1) is 17.7. The van der Waals surface area contributed by atoms with E-state index in [0.717, 1.165) is 52.1 Å². The fourth-order valence-electron chi connectivity index (χ4n) is 4.26. The van der Waals surface area contributed by atoms with E-state index in [0.29, 0.717) is 17.5 Å². The second-order valence-corrected chi connectivity index (χ2v) is 11.6. The Labute approximate surface area is 222 Å². The molecule has 1 fully saturated rings. The molecule has 0 bridgehead atoms. The van der Waals surface area contributed by atoms with Crippen LogP contribution in [0.1, 0.15) is 24.5 Å². The molecule has 0 aliphatic carbocycles. The number of likely N-dealkylation sites (tertiary alicyclic amines) is 1. The number of pyridine rings is 2. The van der Waals surface area contributed by atoms with Crippen LogP contribution in [0, 0.1) is 0 Å². The number of anilines is 2. The molecule has 5 aromatic rings. The molecular formula is C27H25N5OS3. The van der Waals surface area contributed by atoms with Gasteiger partial charge in [0.1, 0.15) is 5.75 Å². The normalized spacial score (nSPS) is 14.8. The first kappa shape index (κ1) is 23.4. The Balaban J connectivity index is 1.27. The third-order valence-corrected chi connectivity index (χ3v) is 9.08. The number of rotatable bonds is 7. The van der Waals surface area contributed by atoms with E-state index in [1.54, 1.807) is 34.4 Å². The quantitative estimate of drug-likeness (QED) is 0.231. The van der Waals surface area contributed by atoms with E-state index in [1.807, 2.05) is 60.9 Å². The zero-order chi connectivity index (χ0) is 24.3. The molecule has 1 N–H and O–H groups in total. The minimum absolute atomic E-state index is 0.522. The maximum Gasteiger partial charge on any atom is 0.188 e. The summed E-state index contributed by atoms with van der Waals surface area (Å²) in [6, 6.07) is 15.9. The molecule has 0 atom stereocenters. The molecule has 9 heteroatoms. The summed E-state index contributed by atoms with van der Waals surface area (Å²) < 4.78 is 7.47. The largest absolute Gasteiger partial charge is 0.453 e. The zero-order valence-electron chi connectivity index (χ0n) is 19.8. The highest BCUT2D eigenvalue weighted by molar-refractivity contribution is 7.99. The molecule has 0 saturated carbocycles. The van der Waals surface area contributed by atoms with Crippen LogP contribution in [0.5, 0.6) is 11.5 Å². The average Bonchev–Trinajstić information content (AvgIpc) is 3.57. The van der Waals surface area contributed by atoms with Gasteiger partial charge in [0.25, 0.3) is 0 Å². The van der Waals surface area contributed by atoms with Gasteiger partial charge in [-0.3, -0.25) is 4.98 Å². The molecule has 1 aliphatic heterocycles. The molecule has 1 aromatic carbocycles. The van der Waals surface area contributed by atoms with E-state index < -0.39 is 0 Å². The minimum Gasteiger partial charge on any atom is -0.453 e. The van der Waals surface area contributed by atoms with Crippen molar-refractivity contribution in [3.05, 3.63) is 77.4 Å². The van der Waals surface area contributed by atoms with Crippen molar-refractivity contribution in [2.24, 2.45) is 0 Å². The van der Waals surface area contributed by atoms with Crippen LogP contribution in [0.2, 0.25) is 0 Å². The van der Waals surface area contributed by atoms with Gasteiger partial charge in [-0.25, -0.2) is 9.97 Å². The lowest BCUT2D eigenvalue weighted by Crippen LogP contribution is -2.29. The molecule has 4 aromatic heterocycles. The molecular weight excluding hydrogens is 507 g/mol. The highest BCUT2D eigenvalue weighted by Gasteiger charge is 2.21. The number of benzene rings is 1. The summed E-state index contributed by atoms with van der Waals surface area (Å²) in [4.78, 5) is 18.7. The maximum absolute atomic E-state index is 6.29. The molecule has 0 amide bonds. The number of thiophene rings is 1. The van der Waals surface area contributed by atoms with E-state index in [1.165, 1.54) is 10.4 Å². The van der Waals surface area contributed by atoms with Crippen LogP contribution >= 0.6 is 34.4 Å². The van der Waals surface area contributed by atoms with Gasteiger partial charge >= 0.3 is 0 Å². The van der Waals surface area contributed by atoms with Crippen LogP contribution in [-0.4, -0.2) is 40.0 Å². The molecule has 0 spiro atoms. The van der Waals surface area contributed by atoms with E-state index in [2.05, 4.69) is 33.0 Å². The smallest absolute Gasteiger partial charge is 0.188 e. The van der Waals surface area contributed by atoms with Gasteiger partial charge in [-0.2, -0.15) is 0 Å². The van der Waals surface area contributed by atoms with Gasteiger partial charge in [-0.15, -0.1) is 22.7 Å². The molecule has 1 aliphatic rings. The van der Waals surface area contributed by atoms with Crippen LogP contribution in [0.4, 0.5) is 10.9 Å². The summed E-state index contributed by atoms with van der Waals surface area (Å²) in [5, 5.41) is 8.51. The van der Waals surface area contributed by atoms with E-state index in [4.69, 9.17) is 14.7 Å². The fraction of sp³-hybridized carbons (Fsp3) is 0.222. The van der Waals surface area contributed by atoms with Gasteiger partial charge in [0.15, 0.2) is 16.7 Å². The topological polar surface area (TPSA) is 63.2 Å². The number of nitrogens with one attached hydrogen (secondary N) is 1. The van der Waals surface area contributed by atoms with Crippen LogP contribution in [0.3, 0.4) is 0 Å². The third-order valence-electron chi connectivity index (χ3n) is 6.22. The Kier molecular flexibility index (Phi) is 6.87. The lowest BCUT2D eigenvalue weighted by molar-refractivity contribution is 0.254. The van der Waals surface area contributed by atoms with Crippen molar-refractivity contribution in [3.63, 3.8) is 0 Å². The highest BCUT2D eigenvalue weighted by atomic mass is 32.2. The summed E-state index contributed by atoms with van der Waals surface area (Å²) >= 11 is 4.99. The number of piperidine rings is 1. The lowest BCUT2D eigenvalue weighted by atomic mass is 9.95. The van der Waals surface area contributed by atoms with E-state index >= 15 is 0 Å². The van der Waals surface area contributed by atoms with Crippen LogP contribution in [-0.2, 0) is 0 Å². The summed E-state index contributed by atoms with van der Waals surface area (Å²) in [5.41, 5.74) is 2.19. The Bertz CT molecular complexity index is 1460. The first-order valence-electron chi connectivity index (χ1n) is 11.9. The Morgan fingerprint density at radius 3 is 2.78 bits per heavy atom. The van der Waals surface area contributed by atoms with Gasteiger partial charge in [-0.1, -0.05) is 30.0 Å². The van der Waals surface area contributed by atoms with Crippen LogP contribution in [0.15, 0.2) is 81.5 Å². The fourth-order valence-corrected chi connectivity index (χ4v) is 6.93. The van der Waals surface area contributed by atoms with E-state index in [-0.39, 0.29) is 0 Å². The van der Waals surface area contributed by atoms with Crippen molar-refractivity contribution in [3.8, 4) is 11.5 Å². The van der Waals surface area contributed by atoms with Crippen molar-refractivity contribution in [1.29, 1.82) is 0 Å². The summed E-state index contributed by atoms with van der Waals surface area (Å²) in [5.74, 6) is 2.61. The van der Waals surface area contributed by atoms with Gasteiger partial charge in [0.2, 0.25) is 0 Å². The molecule has 0 radical (unpaired) electrons. The number of hydrogen-bond acceptors (Lipinski definition) is 9. The molecule has 5 heterocycles. The zero-order valence-corrected chi connectivity index (χ0v) is 22.2. The summed E-state index contributed by atoms with van der Waals surface area (Å²) in [6.45, 7) is 2.24. The van der Waals surface area contributed by atoms with Crippen molar-refractivity contribution in [2.45, 2.75) is 28.6 Å². The summed E-state index contributed by atoms with van der Waals surface area (Å²) in [7, 11) is 2.18. The Hall–Kier alpha value is -2.98. The highest BCUT2D eigenvalue weighted by Crippen LogP contribution is 2.40. The van der Waals surface area contributed by atoms with Gasteiger partial charge in [0.05, 0.1) is 15.9 Å². The van der Waals surface area contributed by atoms with E-state index in [9.17, 15) is 0 Å². The predicted molar refractivity (Wildman–Crippen MR) is 149 cm³/mol. The second kappa shape index (κ2) is 10.6. The van der Waals surface area contributed by atoms with Gasteiger partial charge in [0, 0.05) is 39.5 Å². The Morgan fingerprint density at radius 2 is 1.92 bits per heavy atom. The standard InChI is InChI=1S/C27H25N5OS3/c1-32-12-8-18(9-13-32)22-17-35-27(30-22)31-26-23(33-19-5-3-2-4-6-19)15-20(16-29-26)36-24-7-11-28-21-10-14-34-25(21)24/h2-7,10-11,14-18H,8-9,12-13H2,1H3,(H,29,30,31). The number of aromatic nitrogens is 3. The van der Waals surface area contributed by atoms with Gasteiger partial charge < -0.3 is 15.0 Å². The number of fused-ring (bicyclic) bond motifs is 1. The van der Waals surface area contributed by atoms with Crippen molar-refractivity contribution >= 4 is 55.6 Å². The van der Waals surface area contributed by atoms with Crippen LogP contribution in [0.25, 0.3) is 10.2 Å². The third kappa shape index (κ3) is 5.24. The first-order valence-corrected chi connectivity index (χ1v) is 14.4. The minimum atomic E-state index is 0.522. The number of hydrogen-bond donors (Lipinski definition) is 1. The molecule has 36 heavy (non-hydrogen) atoms. The Morgan fingerprint density at radius 1 is 1.06 bits per heavy atom. The number of nitrogens with zero attached hydrogens (tertiary/aromatic N) is 4. The second-order valence-electron chi connectivity index (χ2n) is 8.76. The molecule has 0 unspecified atom stereocenters. The molecule has 6 rings (SSSR count). The predicted octanol–water partition coefficient (Wildman–Crippen LogP) is 7.64. The number of para-hydroxylation sites is 1. The monoisotopic (exact) mass is 531 g/mol. The molecule has 6 nitrogen and oxygen atoms in total. The van der Waals surface area contributed by atoms with Crippen molar-refractivity contribution in [2.75, 3.05) is 25.5 Å². The van der Waals surface area contributed by atoms with Crippen molar-refractivity contribution < 1.29 is 4.74 Å². The maximum atomic E-state index is 6.29. The summed E-state index contributed by atoms with van der Waals surface area (Å²) in [6.07, 6.45) is 6.04. The van der Waals surface area contributed by atoms with Crippen molar-refractivity contribution in [1.82, 2.24) is 19.9 Å². The molecule has 182 valence electrons. The van der Waals surface area contributed by atoms with Gasteiger partial charge in [-0.05, 0) is 62.6 Å². The number of ether oxygens (including phenoxy) is 1. The lowest BCUT2D eigenvalue weighted by Gasteiger charge is -2.27. The molecule has 1 saturated heterocycles. The average molecular weight is 532 g/mol. The SMILES string of the molecule is CN1CCC(c2csc(Nc3ncc(Sc4ccnc5ccsc45)cc3Oc3ccccc3)n2)CC1.